The maximum Gasteiger partial charge on any atom is 0.418 e. The summed E-state index contributed by atoms with van der Waals surface area (Å²) in [6.07, 6.45) is -1.75. The number of aryl methyl sites for hydroxylation is 2. The number of hydrogen-bond acceptors (Lipinski definition) is 2. The molecule has 0 radical (unpaired) electrons. The minimum atomic E-state index is -4.40. The molecule has 0 atom stereocenters. The third-order valence-electron chi connectivity index (χ3n) is 3.39. The van der Waals surface area contributed by atoms with Crippen molar-refractivity contribution >= 4 is 23.0 Å². The molecular formula is C16H13F3N2S. The summed E-state index contributed by atoms with van der Waals surface area (Å²) in [4.78, 5) is 4.99. The fourth-order valence-electron chi connectivity index (χ4n) is 2.28. The Hall–Kier alpha value is -1.95. The summed E-state index contributed by atoms with van der Waals surface area (Å²) in [5, 5.41) is 0.162. The Bertz CT molecular complexity index is 820. The van der Waals surface area contributed by atoms with Gasteiger partial charge >= 0.3 is 6.18 Å². The number of pyridine rings is 1. The Morgan fingerprint density at radius 3 is 2.36 bits per heavy atom. The van der Waals surface area contributed by atoms with Crippen molar-refractivity contribution in [3.05, 3.63) is 59.4 Å². The number of benzene rings is 1. The van der Waals surface area contributed by atoms with Crippen molar-refractivity contribution in [3.63, 3.8) is 0 Å². The topological polar surface area (TPSA) is 17.8 Å². The summed E-state index contributed by atoms with van der Waals surface area (Å²) in [5.41, 5.74) is 1.36. The number of rotatable bonds is 2. The van der Waals surface area contributed by atoms with E-state index in [0.717, 1.165) is 16.7 Å². The standard InChI is InChI=1S/C16H13F3N2S/c1-10-3-5-12(6-4-10)22-21-9-13(16(17,18)19)14-11(2)7-8-20-15(14)21/h3-9H,1-2H3. The van der Waals surface area contributed by atoms with Crippen LogP contribution in [0.4, 0.5) is 13.2 Å². The van der Waals surface area contributed by atoms with Crippen LogP contribution in [0.2, 0.25) is 0 Å². The average Bonchev–Trinajstić information content (AvgIpc) is 2.82. The molecule has 2 heterocycles. The highest BCUT2D eigenvalue weighted by Crippen LogP contribution is 2.39. The quantitative estimate of drug-likeness (QED) is 0.643. The Kier molecular flexibility index (Phi) is 3.64. The normalized spacial score (nSPS) is 12.0. The van der Waals surface area contributed by atoms with Crippen LogP contribution in [0.5, 0.6) is 0 Å². The van der Waals surface area contributed by atoms with Gasteiger partial charge in [0.1, 0.15) is 0 Å². The zero-order chi connectivity index (χ0) is 15.9. The van der Waals surface area contributed by atoms with Gasteiger partial charge in [0.25, 0.3) is 0 Å². The first-order valence-electron chi connectivity index (χ1n) is 6.65. The highest BCUT2D eigenvalue weighted by molar-refractivity contribution is 7.98. The van der Waals surface area contributed by atoms with Gasteiger partial charge < -0.3 is 0 Å². The first-order chi connectivity index (χ1) is 10.4. The lowest BCUT2D eigenvalue weighted by molar-refractivity contribution is -0.136. The van der Waals surface area contributed by atoms with Crippen LogP contribution >= 0.6 is 11.9 Å². The molecule has 6 heteroatoms. The van der Waals surface area contributed by atoms with Gasteiger partial charge in [0.05, 0.1) is 5.56 Å². The minimum absolute atomic E-state index is 0.162. The van der Waals surface area contributed by atoms with E-state index in [4.69, 9.17) is 0 Å². The molecule has 1 aromatic carbocycles. The molecule has 0 N–H and O–H groups in total. The molecule has 0 aliphatic heterocycles. The van der Waals surface area contributed by atoms with Gasteiger partial charge in [0.2, 0.25) is 0 Å². The molecular weight excluding hydrogens is 309 g/mol. The lowest BCUT2D eigenvalue weighted by Gasteiger charge is -2.05. The minimum Gasteiger partial charge on any atom is -0.270 e. The predicted molar refractivity (Wildman–Crippen MR) is 81.9 cm³/mol. The van der Waals surface area contributed by atoms with Crippen molar-refractivity contribution in [2.45, 2.75) is 24.9 Å². The molecule has 0 aliphatic rings. The van der Waals surface area contributed by atoms with Crippen LogP contribution in [0.15, 0.2) is 47.6 Å². The summed E-state index contributed by atoms with van der Waals surface area (Å²) in [6, 6.07) is 9.22. The molecule has 0 aliphatic carbocycles. The molecule has 0 spiro atoms. The van der Waals surface area contributed by atoms with Gasteiger partial charge in [0.15, 0.2) is 5.65 Å². The van der Waals surface area contributed by atoms with Crippen molar-refractivity contribution in [1.29, 1.82) is 0 Å². The molecule has 0 bridgehead atoms. The SMILES string of the molecule is Cc1ccc(Sn2cc(C(F)(F)F)c3c(C)ccnc32)cc1. The highest BCUT2D eigenvalue weighted by atomic mass is 32.2. The summed E-state index contributed by atoms with van der Waals surface area (Å²) in [5.74, 6) is 0. The molecule has 3 aromatic rings. The molecule has 3 rings (SSSR count). The largest absolute Gasteiger partial charge is 0.418 e. The number of aromatic nitrogens is 2. The maximum atomic E-state index is 13.3. The van der Waals surface area contributed by atoms with Crippen molar-refractivity contribution in [2.75, 3.05) is 0 Å². The zero-order valence-corrected chi connectivity index (χ0v) is 12.8. The molecule has 2 aromatic heterocycles. The monoisotopic (exact) mass is 322 g/mol. The van der Waals surface area contributed by atoms with E-state index >= 15 is 0 Å². The highest BCUT2D eigenvalue weighted by Gasteiger charge is 2.35. The van der Waals surface area contributed by atoms with E-state index in [1.54, 1.807) is 13.0 Å². The van der Waals surface area contributed by atoms with Crippen molar-refractivity contribution in [3.8, 4) is 0 Å². The van der Waals surface area contributed by atoms with E-state index in [1.807, 2.05) is 31.2 Å². The Morgan fingerprint density at radius 2 is 1.73 bits per heavy atom. The molecule has 0 saturated carbocycles. The van der Waals surface area contributed by atoms with Crippen molar-refractivity contribution < 1.29 is 13.2 Å². The average molecular weight is 322 g/mol. The second-order valence-corrected chi connectivity index (χ2v) is 6.14. The molecule has 114 valence electrons. The van der Waals surface area contributed by atoms with Gasteiger partial charge in [0, 0.05) is 22.7 Å². The fourth-order valence-corrected chi connectivity index (χ4v) is 3.15. The lowest BCUT2D eigenvalue weighted by Crippen LogP contribution is -2.04. The number of nitrogens with zero attached hydrogens (tertiary/aromatic N) is 2. The van der Waals surface area contributed by atoms with E-state index in [2.05, 4.69) is 4.98 Å². The van der Waals surface area contributed by atoms with Crippen LogP contribution in [-0.4, -0.2) is 8.96 Å². The number of alkyl halides is 3. The van der Waals surface area contributed by atoms with Gasteiger partial charge in [-0.15, -0.1) is 0 Å². The summed E-state index contributed by atoms with van der Waals surface area (Å²) < 4.78 is 41.2. The zero-order valence-electron chi connectivity index (χ0n) is 12.0. The number of halogens is 3. The van der Waals surface area contributed by atoms with Crippen LogP contribution in [0.25, 0.3) is 11.0 Å². The van der Waals surface area contributed by atoms with E-state index in [9.17, 15) is 13.2 Å². The van der Waals surface area contributed by atoms with Crippen molar-refractivity contribution in [2.24, 2.45) is 0 Å². The van der Waals surface area contributed by atoms with Gasteiger partial charge in [-0.3, -0.25) is 3.97 Å². The van der Waals surface area contributed by atoms with Crippen LogP contribution in [-0.2, 0) is 6.18 Å². The second kappa shape index (κ2) is 5.35. The van der Waals surface area contributed by atoms with Crippen LogP contribution < -0.4 is 0 Å². The number of fused-ring (bicyclic) bond motifs is 1. The summed E-state index contributed by atoms with van der Waals surface area (Å²) in [7, 11) is 0. The van der Waals surface area contributed by atoms with Gasteiger partial charge in [-0.1, -0.05) is 17.7 Å². The Balaban J connectivity index is 2.14. The lowest BCUT2D eigenvalue weighted by atomic mass is 10.1. The third kappa shape index (κ3) is 2.70. The van der Waals surface area contributed by atoms with E-state index in [-0.39, 0.29) is 5.39 Å². The van der Waals surface area contributed by atoms with E-state index < -0.39 is 11.7 Å². The van der Waals surface area contributed by atoms with Crippen molar-refractivity contribution in [1.82, 2.24) is 8.96 Å². The molecule has 22 heavy (non-hydrogen) atoms. The predicted octanol–water partition coefficient (Wildman–Crippen LogP) is 5.23. The fraction of sp³-hybridized carbons (Fsp3) is 0.188. The summed E-state index contributed by atoms with van der Waals surface area (Å²) >= 11 is 1.23. The summed E-state index contributed by atoms with van der Waals surface area (Å²) in [6.45, 7) is 3.63. The molecule has 0 saturated heterocycles. The van der Waals surface area contributed by atoms with Gasteiger partial charge in [-0.05, 0) is 49.6 Å². The third-order valence-corrected chi connectivity index (χ3v) is 4.35. The van der Waals surface area contributed by atoms with Gasteiger partial charge in [-0.25, -0.2) is 4.98 Å². The van der Waals surface area contributed by atoms with Crippen LogP contribution in [0.3, 0.4) is 0 Å². The molecule has 2 nitrogen and oxygen atoms in total. The van der Waals surface area contributed by atoms with Crippen LogP contribution in [0.1, 0.15) is 16.7 Å². The maximum absolute atomic E-state index is 13.3. The molecule has 0 fully saturated rings. The smallest absolute Gasteiger partial charge is 0.270 e. The van der Waals surface area contributed by atoms with Gasteiger partial charge in [-0.2, -0.15) is 13.2 Å². The Labute approximate surface area is 130 Å². The second-order valence-electron chi connectivity index (χ2n) is 5.10. The Morgan fingerprint density at radius 1 is 1.05 bits per heavy atom. The molecule has 0 amide bonds. The van der Waals surface area contributed by atoms with Crippen LogP contribution in [0, 0.1) is 13.8 Å². The first-order valence-corrected chi connectivity index (χ1v) is 7.42. The first kappa shape index (κ1) is 15.0. The van der Waals surface area contributed by atoms with E-state index in [0.29, 0.717) is 11.2 Å². The van der Waals surface area contributed by atoms with E-state index in [1.165, 1.54) is 22.1 Å². The molecule has 0 unspecified atom stereocenters. The number of hydrogen-bond donors (Lipinski definition) is 0.